The zero-order valence-electron chi connectivity index (χ0n) is 10.4. The van der Waals surface area contributed by atoms with E-state index in [2.05, 4.69) is 0 Å². The molecular formula is C13H16F2O2S. The van der Waals surface area contributed by atoms with Crippen LogP contribution in [0, 0.1) is 13.8 Å². The molecule has 2 rings (SSSR count). The van der Waals surface area contributed by atoms with Gasteiger partial charge >= 0.3 is 5.97 Å². The van der Waals surface area contributed by atoms with Crippen molar-refractivity contribution < 1.29 is 18.7 Å². The highest BCUT2D eigenvalue weighted by atomic mass is 32.1. The normalized spacial score (nSPS) is 21.8. The Morgan fingerprint density at radius 2 is 1.83 bits per heavy atom. The standard InChI is InChI=1S/C13H16F2O2S/c1-8-7-10(9(2)18-8)12(11(16)17)3-5-13(14,15)6-4-12/h7H,3-6H2,1-2H3,(H,16,17). The molecule has 0 radical (unpaired) electrons. The zero-order chi connectivity index (χ0) is 13.6. The fraction of sp³-hybridized carbons (Fsp3) is 0.615. The smallest absolute Gasteiger partial charge is 0.314 e. The number of hydrogen-bond acceptors (Lipinski definition) is 2. The van der Waals surface area contributed by atoms with Crippen molar-refractivity contribution in [2.24, 2.45) is 0 Å². The molecule has 1 aliphatic carbocycles. The van der Waals surface area contributed by atoms with Gasteiger partial charge in [0.2, 0.25) is 5.92 Å². The third-order valence-electron chi connectivity index (χ3n) is 3.80. The predicted octanol–water partition coefficient (Wildman–Crippen LogP) is 3.90. The molecule has 0 atom stereocenters. The van der Waals surface area contributed by atoms with Crippen LogP contribution in [-0.4, -0.2) is 17.0 Å². The van der Waals surface area contributed by atoms with Gasteiger partial charge in [-0.1, -0.05) is 0 Å². The average molecular weight is 274 g/mol. The lowest BCUT2D eigenvalue weighted by atomic mass is 9.68. The van der Waals surface area contributed by atoms with Crippen LogP contribution in [0.2, 0.25) is 0 Å². The van der Waals surface area contributed by atoms with Gasteiger partial charge in [0.1, 0.15) is 0 Å². The minimum Gasteiger partial charge on any atom is -0.481 e. The van der Waals surface area contributed by atoms with Crippen LogP contribution >= 0.6 is 11.3 Å². The number of halogens is 2. The summed E-state index contributed by atoms with van der Waals surface area (Å²) in [5, 5.41) is 9.51. The molecule has 0 saturated heterocycles. The quantitative estimate of drug-likeness (QED) is 0.888. The van der Waals surface area contributed by atoms with Crippen molar-refractivity contribution in [1.82, 2.24) is 0 Å². The van der Waals surface area contributed by atoms with Gasteiger partial charge in [0.25, 0.3) is 0 Å². The molecule has 0 amide bonds. The third kappa shape index (κ3) is 2.16. The van der Waals surface area contributed by atoms with Gasteiger partial charge in [-0.15, -0.1) is 11.3 Å². The van der Waals surface area contributed by atoms with Crippen LogP contribution in [0.15, 0.2) is 6.07 Å². The van der Waals surface area contributed by atoms with E-state index in [9.17, 15) is 18.7 Å². The largest absolute Gasteiger partial charge is 0.481 e. The van der Waals surface area contributed by atoms with Crippen LogP contribution in [0.25, 0.3) is 0 Å². The summed E-state index contributed by atoms with van der Waals surface area (Å²) in [6.07, 6.45) is -0.639. The molecule has 2 nitrogen and oxygen atoms in total. The zero-order valence-corrected chi connectivity index (χ0v) is 11.2. The lowest BCUT2D eigenvalue weighted by molar-refractivity contribution is -0.149. The number of rotatable bonds is 2. The molecule has 1 saturated carbocycles. The Kier molecular flexibility index (Phi) is 3.21. The molecule has 0 aromatic carbocycles. The van der Waals surface area contributed by atoms with E-state index >= 15 is 0 Å². The number of aliphatic carboxylic acids is 1. The number of thiophene rings is 1. The van der Waals surface area contributed by atoms with Crippen LogP contribution in [0.4, 0.5) is 8.78 Å². The van der Waals surface area contributed by atoms with Gasteiger partial charge in [0.15, 0.2) is 0 Å². The summed E-state index contributed by atoms with van der Waals surface area (Å²) < 4.78 is 26.5. The molecule has 1 aliphatic rings. The van der Waals surface area contributed by atoms with E-state index in [0.29, 0.717) is 0 Å². The van der Waals surface area contributed by atoms with E-state index in [0.717, 1.165) is 15.3 Å². The lowest BCUT2D eigenvalue weighted by Gasteiger charge is -2.37. The number of aryl methyl sites for hydroxylation is 2. The lowest BCUT2D eigenvalue weighted by Crippen LogP contribution is -2.42. The minimum atomic E-state index is -2.71. The molecule has 100 valence electrons. The first-order chi connectivity index (χ1) is 8.27. The summed E-state index contributed by atoms with van der Waals surface area (Å²) >= 11 is 1.53. The Hall–Kier alpha value is -0.970. The molecule has 1 aromatic heterocycles. The Balaban J connectivity index is 2.41. The van der Waals surface area contributed by atoms with E-state index in [4.69, 9.17) is 0 Å². The topological polar surface area (TPSA) is 37.3 Å². The summed E-state index contributed by atoms with van der Waals surface area (Å²) in [5.41, 5.74) is -0.385. The molecule has 0 aliphatic heterocycles. The van der Waals surface area contributed by atoms with E-state index in [1.54, 1.807) is 0 Å². The maximum Gasteiger partial charge on any atom is 0.314 e. The fourth-order valence-electron chi connectivity index (χ4n) is 2.75. The van der Waals surface area contributed by atoms with Gasteiger partial charge in [-0.3, -0.25) is 4.79 Å². The van der Waals surface area contributed by atoms with Gasteiger partial charge in [0, 0.05) is 22.6 Å². The van der Waals surface area contributed by atoms with Crippen molar-refractivity contribution in [3.05, 3.63) is 21.4 Å². The average Bonchev–Trinajstić information content (AvgIpc) is 2.58. The molecule has 0 bridgehead atoms. The van der Waals surface area contributed by atoms with Gasteiger partial charge in [0.05, 0.1) is 5.41 Å². The van der Waals surface area contributed by atoms with Gasteiger partial charge in [-0.25, -0.2) is 8.78 Å². The van der Waals surface area contributed by atoms with Crippen molar-refractivity contribution in [2.45, 2.75) is 50.9 Å². The number of carboxylic acid groups (broad SMARTS) is 1. The van der Waals surface area contributed by atoms with Crippen LogP contribution in [0.3, 0.4) is 0 Å². The maximum absolute atomic E-state index is 13.2. The minimum absolute atomic E-state index is 0.0202. The summed E-state index contributed by atoms with van der Waals surface area (Å²) in [6.45, 7) is 3.78. The Labute approximate surface area is 109 Å². The highest BCUT2D eigenvalue weighted by molar-refractivity contribution is 7.12. The molecule has 1 aromatic rings. The summed E-state index contributed by atoms with van der Waals surface area (Å²) in [6, 6.07) is 1.84. The van der Waals surface area contributed by atoms with E-state index in [-0.39, 0.29) is 25.7 Å². The summed E-state index contributed by atoms with van der Waals surface area (Å²) in [4.78, 5) is 13.6. The summed E-state index contributed by atoms with van der Waals surface area (Å²) in [5.74, 6) is -3.68. The number of alkyl halides is 2. The fourth-order valence-corrected chi connectivity index (χ4v) is 3.77. The molecular weight excluding hydrogens is 258 g/mol. The molecule has 0 unspecified atom stereocenters. The monoisotopic (exact) mass is 274 g/mol. The third-order valence-corrected chi connectivity index (χ3v) is 4.77. The molecule has 5 heteroatoms. The van der Waals surface area contributed by atoms with Crippen molar-refractivity contribution in [3.63, 3.8) is 0 Å². The van der Waals surface area contributed by atoms with Gasteiger partial charge in [-0.05, 0) is 38.3 Å². The van der Waals surface area contributed by atoms with Crippen LogP contribution < -0.4 is 0 Å². The van der Waals surface area contributed by atoms with Crippen LogP contribution in [-0.2, 0) is 10.2 Å². The first kappa shape index (κ1) is 13.5. The van der Waals surface area contributed by atoms with E-state index < -0.39 is 17.3 Å². The Bertz CT molecular complexity index is 469. The first-order valence-electron chi connectivity index (χ1n) is 5.96. The van der Waals surface area contributed by atoms with Crippen molar-refractivity contribution in [2.75, 3.05) is 0 Å². The predicted molar refractivity (Wildman–Crippen MR) is 66.5 cm³/mol. The number of carbonyl (C=O) groups is 1. The number of hydrogen-bond donors (Lipinski definition) is 1. The second kappa shape index (κ2) is 4.30. The van der Waals surface area contributed by atoms with Crippen LogP contribution in [0.5, 0.6) is 0 Å². The SMILES string of the molecule is Cc1cc(C2(C(=O)O)CCC(F)(F)CC2)c(C)s1. The van der Waals surface area contributed by atoms with Crippen LogP contribution in [0.1, 0.15) is 41.0 Å². The first-order valence-corrected chi connectivity index (χ1v) is 6.77. The van der Waals surface area contributed by atoms with Crippen molar-refractivity contribution >= 4 is 17.3 Å². The van der Waals surface area contributed by atoms with Gasteiger partial charge < -0.3 is 5.11 Å². The highest BCUT2D eigenvalue weighted by Crippen LogP contribution is 2.47. The van der Waals surface area contributed by atoms with E-state index in [1.165, 1.54) is 11.3 Å². The second-order valence-electron chi connectivity index (χ2n) is 5.07. The maximum atomic E-state index is 13.2. The number of carboxylic acids is 1. The molecule has 1 fully saturated rings. The Morgan fingerprint density at radius 1 is 1.28 bits per heavy atom. The highest BCUT2D eigenvalue weighted by Gasteiger charge is 2.49. The molecule has 1 N–H and O–H groups in total. The van der Waals surface area contributed by atoms with Gasteiger partial charge in [-0.2, -0.15) is 0 Å². The molecule has 0 spiro atoms. The van der Waals surface area contributed by atoms with Crippen molar-refractivity contribution in [3.8, 4) is 0 Å². The molecule has 18 heavy (non-hydrogen) atoms. The molecule has 1 heterocycles. The second-order valence-corrected chi connectivity index (χ2v) is 6.53. The van der Waals surface area contributed by atoms with E-state index in [1.807, 2.05) is 19.9 Å². The van der Waals surface area contributed by atoms with Crippen molar-refractivity contribution in [1.29, 1.82) is 0 Å². The summed E-state index contributed by atoms with van der Waals surface area (Å²) in [7, 11) is 0. The Morgan fingerprint density at radius 3 is 2.22 bits per heavy atom.